The number of aromatic carboxylic acids is 1. The molecule has 2 N–H and O–H groups in total. The fraction of sp³-hybridized carbons (Fsp3) is 0.333. The van der Waals surface area contributed by atoms with E-state index in [4.69, 9.17) is 5.11 Å². The summed E-state index contributed by atoms with van der Waals surface area (Å²) in [4.78, 5) is 24.9. The molecule has 3 aromatic carbocycles. The first-order valence-corrected chi connectivity index (χ1v) is 13.4. The van der Waals surface area contributed by atoms with E-state index in [1.807, 2.05) is 6.07 Å². The van der Waals surface area contributed by atoms with E-state index >= 15 is 0 Å². The Bertz CT molecular complexity index is 1110. The summed E-state index contributed by atoms with van der Waals surface area (Å²) in [7, 11) is 2.11. The first-order chi connectivity index (χ1) is 17.8. The Balaban J connectivity index is 0.000000263. The van der Waals surface area contributed by atoms with Crippen LogP contribution in [0.25, 0.3) is 11.1 Å². The molecule has 0 aliphatic rings. The van der Waals surface area contributed by atoms with Gasteiger partial charge in [0.2, 0.25) is 6.41 Å². The molecule has 3 rings (SSSR count). The van der Waals surface area contributed by atoms with E-state index in [0.29, 0.717) is 24.6 Å². The lowest BCUT2D eigenvalue weighted by Gasteiger charge is -2.23. The molecule has 7 heteroatoms. The summed E-state index contributed by atoms with van der Waals surface area (Å²) in [5.41, 5.74) is 2.89. The third kappa shape index (κ3) is 9.59. The molecule has 1 atom stereocenters. The summed E-state index contributed by atoms with van der Waals surface area (Å²) in [5, 5.41) is 18.5. The SMILES string of the molecule is CCCC(CC)CN(C=O)c1ccc(C(=O)O)c(O)c1.CCN(C)Sc1ccc(-c2ccccc2)cc1. The number of hydrogen-bond acceptors (Lipinski definition) is 5. The van der Waals surface area contributed by atoms with Crippen LogP contribution in [0.15, 0.2) is 77.7 Å². The van der Waals surface area contributed by atoms with Crippen molar-refractivity contribution in [2.24, 2.45) is 5.92 Å². The average molecular weight is 523 g/mol. The zero-order valence-electron chi connectivity index (χ0n) is 22.1. The highest BCUT2D eigenvalue weighted by molar-refractivity contribution is 7.97. The van der Waals surface area contributed by atoms with Crippen molar-refractivity contribution in [1.82, 2.24) is 4.31 Å². The maximum atomic E-state index is 11.2. The molecule has 0 aliphatic heterocycles. The lowest BCUT2D eigenvalue weighted by molar-refractivity contribution is -0.107. The van der Waals surface area contributed by atoms with Gasteiger partial charge in [0.25, 0.3) is 0 Å². The van der Waals surface area contributed by atoms with E-state index in [9.17, 15) is 14.7 Å². The Morgan fingerprint density at radius 2 is 1.62 bits per heavy atom. The van der Waals surface area contributed by atoms with E-state index in [1.54, 1.807) is 11.9 Å². The van der Waals surface area contributed by atoms with Crippen LogP contribution in [-0.4, -0.2) is 47.0 Å². The highest BCUT2D eigenvalue weighted by Crippen LogP contribution is 2.26. The molecule has 0 radical (unpaired) electrons. The molecule has 1 amide bonds. The quantitative estimate of drug-likeness (QED) is 0.193. The third-order valence-electron chi connectivity index (χ3n) is 6.07. The van der Waals surface area contributed by atoms with Crippen molar-refractivity contribution in [3.8, 4) is 16.9 Å². The predicted octanol–water partition coefficient (Wildman–Crippen LogP) is 7.19. The first-order valence-electron chi connectivity index (χ1n) is 12.7. The predicted molar refractivity (Wildman–Crippen MR) is 153 cm³/mol. The molecular weight excluding hydrogens is 484 g/mol. The van der Waals surface area contributed by atoms with Crippen LogP contribution in [0, 0.1) is 5.92 Å². The standard InChI is InChI=1S/C15H21NO4.C15H17NS/c1-3-5-11(4-2)9-16(10-17)12-6-7-13(15(19)20)14(18)8-12;1-3-16(2)17-15-11-9-14(10-12-15)13-7-5-4-6-8-13/h6-8,10-11,18H,3-5,9H2,1-2H3,(H,19,20);4-12H,3H2,1-2H3. The third-order valence-corrected chi connectivity index (χ3v) is 7.12. The fourth-order valence-corrected chi connectivity index (χ4v) is 4.53. The lowest BCUT2D eigenvalue weighted by Crippen LogP contribution is -2.28. The molecule has 0 aromatic heterocycles. The molecular formula is C30H38N2O4S. The Labute approximate surface area is 225 Å². The summed E-state index contributed by atoms with van der Waals surface area (Å²) >= 11 is 1.78. The second kappa shape index (κ2) is 15.7. The van der Waals surface area contributed by atoms with Crippen molar-refractivity contribution < 1.29 is 19.8 Å². The highest BCUT2D eigenvalue weighted by atomic mass is 32.2. The van der Waals surface area contributed by atoms with Gasteiger partial charge >= 0.3 is 5.97 Å². The molecule has 37 heavy (non-hydrogen) atoms. The smallest absolute Gasteiger partial charge is 0.339 e. The number of amides is 1. The summed E-state index contributed by atoms with van der Waals surface area (Å²) in [5.74, 6) is -1.12. The number of benzene rings is 3. The molecule has 0 fully saturated rings. The molecule has 6 nitrogen and oxygen atoms in total. The van der Waals surface area contributed by atoms with Crippen LogP contribution >= 0.6 is 11.9 Å². The van der Waals surface area contributed by atoms with Gasteiger partial charge in [0.05, 0.1) is 0 Å². The molecule has 3 aromatic rings. The van der Waals surface area contributed by atoms with Crippen LogP contribution in [0.1, 0.15) is 50.4 Å². The summed E-state index contributed by atoms with van der Waals surface area (Å²) < 4.78 is 2.22. The van der Waals surface area contributed by atoms with E-state index in [1.165, 1.54) is 39.1 Å². The van der Waals surface area contributed by atoms with Gasteiger partial charge in [-0.15, -0.1) is 0 Å². The molecule has 0 bridgehead atoms. The Hall–Kier alpha value is -3.29. The number of carbonyl (C=O) groups excluding carboxylic acids is 1. The molecule has 198 valence electrons. The minimum absolute atomic E-state index is 0.166. The molecule has 0 heterocycles. The molecule has 0 aliphatic carbocycles. The van der Waals surface area contributed by atoms with E-state index in [-0.39, 0.29) is 11.3 Å². The Kier molecular flexibility index (Phi) is 12.7. The van der Waals surface area contributed by atoms with Crippen molar-refractivity contribution in [3.63, 3.8) is 0 Å². The van der Waals surface area contributed by atoms with Gasteiger partial charge in [-0.2, -0.15) is 0 Å². The summed E-state index contributed by atoms with van der Waals surface area (Å²) in [6.07, 6.45) is 3.76. The minimum atomic E-state index is -1.19. The lowest BCUT2D eigenvalue weighted by atomic mass is 10.00. The molecule has 0 saturated heterocycles. The number of nitrogens with zero attached hydrogens (tertiary/aromatic N) is 2. The van der Waals surface area contributed by atoms with Gasteiger partial charge in [-0.05, 0) is 66.7 Å². The normalized spacial score (nSPS) is 11.4. The van der Waals surface area contributed by atoms with Crippen molar-refractivity contribution >= 4 is 30.0 Å². The second-order valence-corrected chi connectivity index (χ2v) is 10.0. The molecule has 1 unspecified atom stereocenters. The second-order valence-electron chi connectivity index (χ2n) is 8.75. The number of aromatic hydroxyl groups is 1. The van der Waals surface area contributed by atoms with Crippen LogP contribution < -0.4 is 4.90 Å². The van der Waals surface area contributed by atoms with Crippen molar-refractivity contribution in [2.45, 2.75) is 44.9 Å². The summed E-state index contributed by atoms with van der Waals surface area (Å²) in [6.45, 7) is 7.95. The Morgan fingerprint density at radius 1 is 0.973 bits per heavy atom. The zero-order chi connectivity index (χ0) is 27.2. The van der Waals surface area contributed by atoms with E-state index in [2.05, 4.69) is 80.7 Å². The van der Waals surface area contributed by atoms with Gasteiger partial charge in [0.15, 0.2) is 0 Å². The monoisotopic (exact) mass is 522 g/mol. The Morgan fingerprint density at radius 3 is 2.14 bits per heavy atom. The number of rotatable bonds is 12. The van der Waals surface area contributed by atoms with Gasteiger partial charge < -0.3 is 15.1 Å². The van der Waals surface area contributed by atoms with Crippen molar-refractivity contribution in [2.75, 3.05) is 25.0 Å². The number of carbonyl (C=O) groups is 2. The van der Waals surface area contributed by atoms with E-state index in [0.717, 1.165) is 25.8 Å². The minimum Gasteiger partial charge on any atom is -0.507 e. The van der Waals surface area contributed by atoms with Crippen LogP contribution in [0.5, 0.6) is 5.75 Å². The van der Waals surface area contributed by atoms with Gasteiger partial charge in [-0.1, -0.05) is 76.1 Å². The maximum Gasteiger partial charge on any atom is 0.339 e. The first kappa shape index (κ1) is 29.9. The zero-order valence-corrected chi connectivity index (χ0v) is 22.9. The van der Waals surface area contributed by atoms with E-state index < -0.39 is 5.97 Å². The number of carboxylic acid groups (broad SMARTS) is 1. The number of hydrogen-bond donors (Lipinski definition) is 2. The van der Waals surface area contributed by atoms with Crippen molar-refractivity contribution in [3.05, 3.63) is 78.4 Å². The number of phenols is 1. The molecule has 0 spiro atoms. The van der Waals surface area contributed by atoms with Crippen LogP contribution in [-0.2, 0) is 4.79 Å². The van der Waals surface area contributed by atoms with Crippen LogP contribution in [0.4, 0.5) is 5.69 Å². The van der Waals surface area contributed by atoms with Crippen LogP contribution in [0.2, 0.25) is 0 Å². The van der Waals surface area contributed by atoms with Crippen LogP contribution in [0.3, 0.4) is 0 Å². The fourth-order valence-electron chi connectivity index (χ4n) is 3.78. The topological polar surface area (TPSA) is 81.1 Å². The van der Waals surface area contributed by atoms with Gasteiger partial charge in [0, 0.05) is 29.7 Å². The van der Waals surface area contributed by atoms with Gasteiger partial charge in [-0.25, -0.2) is 9.10 Å². The highest BCUT2D eigenvalue weighted by Gasteiger charge is 2.16. The van der Waals surface area contributed by atoms with Gasteiger partial charge in [-0.3, -0.25) is 4.79 Å². The largest absolute Gasteiger partial charge is 0.507 e. The number of anilines is 1. The average Bonchev–Trinajstić information content (AvgIpc) is 2.92. The molecule has 0 saturated carbocycles. The maximum absolute atomic E-state index is 11.2. The van der Waals surface area contributed by atoms with Gasteiger partial charge in [0.1, 0.15) is 11.3 Å². The van der Waals surface area contributed by atoms with Crippen molar-refractivity contribution in [1.29, 1.82) is 0 Å². The summed E-state index contributed by atoms with van der Waals surface area (Å²) in [6, 6.07) is 23.4. The number of carboxylic acids is 1.